The molecule has 2 aromatic rings. The molecule has 0 radical (unpaired) electrons. The quantitative estimate of drug-likeness (QED) is 0.436. The van der Waals surface area contributed by atoms with Crippen molar-refractivity contribution in [2.45, 2.75) is 32.1 Å². The lowest BCUT2D eigenvalue weighted by molar-refractivity contribution is -0.131. The Hall–Kier alpha value is -3.20. The van der Waals surface area contributed by atoms with E-state index >= 15 is 0 Å². The summed E-state index contributed by atoms with van der Waals surface area (Å²) in [6, 6.07) is 11.8. The van der Waals surface area contributed by atoms with E-state index in [0.29, 0.717) is 23.7 Å². The number of ketones is 1. The van der Waals surface area contributed by atoms with Crippen LogP contribution in [0, 0.1) is 23.1 Å². The number of hydrogen-bond donors (Lipinski definition) is 0. The summed E-state index contributed by atoms with van der Waals surface area (Å²) in [5.41, 5.74) is 2.35. The van der Waals surface area contributed by atoms with E-state index in [9.17, 15) is 14.0 Å². The molecule has 2 aliphatic rings. The summed E-state index contributed by atoms with van der Waals surface area (Å²) >= 11 is 0. The van der Waals surface area contributed by atoms with Gasteiger partial charge in [0.2, 0.25) is 0 Å². The van der Waals surface area contributed by atoms with Gasteiger partial charge in [0.05, 0.1) is 12.0 Å². The van der Waals surface area contributed by atoms with Crippen LogP contribution in [0.25, 0.3) is 0 Å². The molecular weight excluding hydrogens is 371 g/mol. The Labute approximate surface area is 168 Å². The maximum Gasteiger partial charge on any atom is 0.315 e. The first kappa shape index (κ1) is 19.1. The van der Waals surface area contributed by atoms with Crippen LogP contribution in [0.4, 0.5) is 10.1 Å². The lowest BCUT2D eigenvalue weighted by Gasteiger charge is -2.33. The number of carbonyl (C=O) groups is 2. The van der Waals surface area contributed by atoms with Crippen molar-refractivity contribution in [3.05, 3.63) is 58.9 Å². The first-order chi connectivity index (χ1) is 14.0. The monoisotopic (exact) mass is 392 g/mol. The summed E-state index contributed by atoms with van der Waals surface area (Å²) in [6.07, 6.45) is 3.46. The van der Waals surface area contributed by atoms with Gasteiger partial charge in [-0.2, -0.15) is 5.26 Å². The maximum atomic E-state index is 13.5. The zero-order valence-electron chi connectivity index (χ0n) is 16.0. The molecule has 2 heterocycles. The molecule has 2 aliphatic heterocycles. The molecule has 0 bridgehead atoms. The number of ether oxygens (including phenoxy) is 1. The number of nitriles is 1. The molecule has 2 aromatic carbocycles. The molecule has 29 heavy (non-hydrogen) atoms. The van der Waals surface area contributed by atoms with Gasteiger partial charge in [-0.3, -0.25) is 9.59 Å². The number of Topliss-reactive ketones (excluding diaryl/α,β-unsaturated/α-hetero) is 1. The van der Waals surface area contributed by atoms with Crippen LogP contribution in [0.3, 0.4) is 0 Å². The Bertz CT molecular complexity index is 1000. The van der Waals surface area contributed by atoms with Crippen LogP contribution in [-0.2, 0) is 11.2 Å². The van der Waals surface area contributed by atoms with Gasteiger partial charge in [0.1, 0.15) is 17.6 Å². The largest absolute Gasteiger partial charge is 0.426 e. The van der Waals surface area contributed by atoms with Crippen molar-refractivity contribution in [1.29, 1.82) is 5.26 Å². The molecule has 1 saturated heterocycles. The highest BCUT2D eigenvalue weighted by molar-refractivity contribution is 5.97. The Morgan fingerprint density at radius 1 is 1.21 bits per heavy atom. The average Bonchev–Trinajstić information content (AvgIpc) is 3.12. The van der Waals surface area contributed by atoms with Crippen LogP contribution in [-0.4, -0.2) is 24.8 Å². The smallest absolute Gasteiger partial charge is 0.315 e. The molecule has 0 unspecified atom stereocenters. The van der Waals surface area contributed by atoms with Gasteiger partial charge in [-0.25, -0.2) is 4.39 Å². The second kappa shape index (κ2) is 8.04. The summed E-state index contributed by atoms with van der Waals surface area (Å²) in [4.78, 5) is 26.0. The molecule has 148 valence electrons. The molecule has 0 saturated carbocycles. The molecule has 0 N–H and O–H groups in total. The van der Waals surface area contributed by atoms with E-state index in [1.807, 2.05) is 6.07 Å². The molecular formula is C23H21FN2O3. The number of halogens is 1. The summed E-state index contributed by atoms with van der Waals surface area (Å²) in [5.74, 6) is 0.254. The van der Waals surface area contributed by atoms with Crippen molar-refractivity contribution in [2.75, 3.05) is 18.0 Å². The van der Waals surface area contributed by atoms with E-state index in [2.05, 4.69) is 4.90 Å². The predicted octanol–water partition coefficient (Wildman–Crippen LogP) is 4.04. The highest BCUT2D eigenvalue weighted by Gasteiger charge is 2.23. The van der Waals surface area contributed by atoms with Crippen LogP contribution >= 0.6 is 0 Å². The molecule has 4 rings (SSSR count). The standard InChI is InChI=1S/C23H21FN2O3/c24-20-5-4-19(11-18(20)14-25)26-9-7-15(8-10-26)1-6-21(27)16-2-3-17-13-23(28)29-22(17)12-16/h2-5,11-12,15H,1,6-10,13H2. The number of nitrogens with zero attached hydrogens (tertiary/aromatic N) is 2. The van der Waals surface area contributed by atoms with E-state index in [1.165, 1.54) is 6.07 Å². The number of fused-ring (bicyclic) bond motifs is 1. The Morgan fingerprint density at radius 3 is 2.76 bits per heavy atom. The normalized spacial score (nSPS) is 16.3. The number of hydrogen-bond acceptors (Lipinski definition) is 5. The summed E-state index contributed by atoms with van der Waals surface area (Å²) in [6.45, 7) is 1.65. The fourth-order valence-corrected chi connectivity index (χ4v) is 4.04. The van der Waals surface area contributed by atoms with Crippen molar-refractivity contribution in [1.82, 2.24) is 0 Å². The molecule has 5 nitrogen and oxygen atoms in total. The van der Waals surface area contributed by atoms with Crippen LogP contribution in [0.15, 0.2) is 36.4 Å². The van der Waals surface area contributed by atoms with Crippen LogP contribution in [0.5, 0.6) is 5.75 Å². The zero-order chi connectivity index (χ0) is 20.4. The Kier molecular flexibility index (Phi) is 5.30. The second-order valence-corrected chi connectivity index (χ2v) is 7.64. The van der Waals surface area contributed by atoms with Crippen molar-refractivity contribution in [2.24, 2.45) is 5.92 Å². The van der Waals surface area contributed by atoms with Gasteiger partial charge in [-0.05, 0) is 49.4 Å². The fourth-order valence-electron chi connectivity index (χ4n) is 4.04. The minimum absolute atomic E-state index is 0.0650. The minimum Gasteiger partial charge on any atom is -0.426 e. The maximum absolute atomic E-state index is 13.5. The molecule has 6 heteroatoms. The minimum atomic E-state index is -0.494. The summed E-state index contributed by atoms with van der Waals surface area (Å²) < 4.78 is 18.6. The first-order valence-corrected chi connectivity index (χ1v) is 9.85. The molecule has 0 amide bonds. The molecule has 0 atom stereocenters. The van der Waals surface area contributed by atoms with Gasteiger partial charge in [-0.15, -0.1) is 0 Å². The van der Waals surface area contributed by atoms with E-state index in [-0.39, 0.29) is 23.7 Å². The first-order valence-electron chi connectivity index (χ1n) is 9.85. The molecule has 0 aromatic heterocycles. The van der Waals surface area contributed by atoms with Crippen molar-refractivity contribution < 1.29 is 18.7 Å². The highest BCUT2D eigenvalue weighted by Crippen LogP contribution is 2.30. The lowest BCUT2D eigenvalue weighted by atomic mass is 9.90. The third-order valence-corrected chi connectivity index (χ3v) is 5.78. The van der Waals surface area contributed by atoms with Crippen LogP contribution < -0.4 is 9.64 Å². The van der Waals surface area contributed by atoms with Crippen LogP contribution in [0.1, 0.15) is 47.2 Å². The number of carbonyl (C=O) groups excluding carboxylic acids is 2. The van der Waals surface area contributed by atoms with Crippen LogP contribution in [0.2, 0.25) is 0 Å². The van der Waals surface area contributed by atoms with Crippen molar-refractivity contribution >= 4 is 17.4 Å². The third-order valence-electron chi connectivity index (χ3n) is 5.78. The van der Waals surface area contributed by atoms with E-state index in [4.69, 9.17) is 10.00 Å². The number of benzene rings is 2. The van der Waals surface area contributed by atoms with Gasteiger partial charge in [0.25, 0.3) is 0 Å². The second-order valence-electron chi connectivity index (χ2n) is 7.64. The highest BCUT2D eigenvalue weighted by atomic mass is 19.1. The molecule has 1 fully saturated rings. The third kappa shape index (κ3) is 4.14. The Morgan fingerprint density at radius 2 is 2.00 bits per heavy atom. The van der Waals surface area contributed by atoms with Crippen molar-refractivity contribution in [3.63, 3.8) is 0 Å². The Balaban J connectivity index is 1.29. The van der Waals surface area contributed by atoms with Crippen molar-refractivity contribution in [3.8, 4) is 11.8 Å². The number of rotatable bonds is 5. The number of esters is 1. The van der Waals surface area contributed by atoms with Gasteiger partial charge in [0, 0.05) is 36.3 Å². The number of piperidine rings is 1. The topological polar surface area (TPSA) is 70.4 Å². The van der Waals surface area contributed by atoms with E-state index in [1.54, 1.807) is 30.3 Å². The van der Waals surface area contributed by atoms with Gasteiger partial charge >= 0.3 is 5.97 Å². The van der Waals surface area contributed by atoms with Gasteiger partial charge < -0.3 is 9.64 Å². The number of anilines is 1. The predicted molar refractivity (Wildman–Crippen MR) is 105 cm³/mol. The molecule has 0 aliphatic carbocycles. The SMILES string of the molecule is N#Cc1cc(N2CCC(CCC(=O)c3ccc4c(c3)OC(=O)C4)CC2)ccc1F. The van der Waals surface area contributed by atoms with E-state index in [0.717, 1.165) is 43.6 Å². The average molecular weight is 392 g/mol. The van der Waals surface area contributed by atoms with Gasteiger partial charge in [0.15, 0.2) is 5.78 Å². The van der Waals surface area contributed by atoms with E-state index < -0.39 is 5.82 Å². The lowest BCUT2D eigenvalue weighted by Crippen LogP contribution is -2.33. The zero-order valence-corrected chi connectivity index (χ0v) is 16.0. The summed E-state index contributed by atoms with van der Waals surface area (Å²) in [7, 11) is 0. The molecule has 0 spiro atoms. The summed E-state index contributed by atoms with van der Waals surface area (Å²) in [5, 5.41) is 9.00. The fraction of sp³-hybridized carbons (Fsp3) is 0.348. The van der Waals surface area contributed by atoms with Gasteiger partial charge in [-0.1, -0.05) is 12.1 Å².